The molecule has 1 heterocycles. The molecule has 3 aromatic rings. The fourth-order valence-corrected chi connectivity index (χ4v) is 4.53. The summed E-state index contributed by atoms with van der Waals surface area (Å²) in [7, 11) is 6.16. The van der Waals surface area contributed by atoms with E-state index in [4.69, 9.17) is 18.9 Å². The van der Waals surface area contributed by atoms with Gasteiger partial charge in [0.25, 0.3) is 0 Å². The first-order chi connectivity index (χ1) is 16.5. The molecule has 0 spiro atoms. The molecule has 7 nitrogen and oxygen atoms in total. The van der Waals surface area contributed by atoms with Crippen LogP contribution in [0, 0.1) is 6.92 Å². The highest BCUT2D eigenvalue weighted by atomic mass is 16.5. The lowest BCUT2D eigenvalue weighted by molar-refractivity contribution is -0.143. The number of fused-ring (bicyclic) bond motifs is 1. The number of nitrogens with one attached hydrogen (secondary N) is 1. The standard InChI is InChI=1S/C27H30N2O5/c1-17-11-12-21-20(13-17)25(18-9-7-6-8-10-18)29(16-24(30)33-4)27(28-21)19-14-22(31-2)26(34-5)23(15-19)32-3/h6-15,25,27-28H,16H2,1-5H3/t25-,27+/m1/s1. The molecule has 0 fully saturated rings. The van der Waals surface area contributed by atoms with Gasteiger partial charge in [0, 0.05) is 5.69 Å². The summed E-state index contributed by atoms with van der Waals surface area (Å²) in [4.78, 5) is 14.7. The maximum absolute atomic E-state index is 12.6. The third-order valence-corrected chi connectivity index (χ3v) is 6.11. The fourth-order valence-electron chi connectivity index (χ4n) is 4.53. The van der Waals surface area contributed by atoms with Gasteiger partial charge in [-0.1, -0.05) is 48.0 Å². The van der Waals surface area contributed by atoms with E-state index in [2.05, 4.69) is 47.5 Å². The van der Waals surface area contributed by atoms with Gasteiger partial charge in [-0.3, -0.25) is 9.69 Å². The molecule has 0 amide bonds. The van der Waals surface area contributed by atoms with E-state index >= 15 is 0 Å². The minimum absolute atomic E-state index is 0.0811. The van der Waals surface area contributed by atoms with Gasteiger partial charge in [-0.2, -0.15) is 0 Å². The van der Waals surface area contributed by atoms with Crippen LogP contribution in [0.3, 0.4) is 0 Å². The summed E-state index contributed by atoms with van der Waals surface area (Å²) in [6, 6.07) is 20.1. The Morgan fingerprint density at radius 3 is 2.15 bits per heavy atom. The summed E-state index contributed by atoms with van der Waals surface area (Å²) in [6.07, 6.45) is -0.367. The normalized spacial score (nSPS) is 17.3. The lowest BCUT2D eigenvalue weighted by atomic mass is 9.90. The second-order valence-electron chi connectivity index (χ2n) is 8.16. The molecule has 3 aromatic carbocycles. The van der Waals surface area contributed by atoms with Crippen LogP contribution in [0.1, 0.15) is 34.5 Å². The van der Waals surface area contributed by atoms with Gasteiger partial charge >= 0.3 is 5.97 Å². The molecule has 1 aliphatic heterocycles. The molecule has 2 atom stereocenters. The van der Waals surface area contributed by atoms with Gasteiger partial charge in [0.1, 0.15) is 6.17 Å². The molecule has 0 radical (unpaired) electrons. The molecule has 0 saturated carbocycles. The van der Waals surface area contributed by atoms with Crippen molar-refractivity contribution >= 4 is 11.7 Å². The van der Waals surface area contributed by atoms with Gasteiger partial charge in [0.05, 0.1) is 41.0 Å². The van der Waals surface area contributed by atoms with Crippen molar-refractivity contribution in [2.24, 2.45) is 0 Å². The maximum Gasteiger partial charge on any atom is 0.319 e. The van der Waals surface area contributed by atoms with Gasteiger partial charge in [0.2, 0.25) is 5.75 Å². The fraction of sp³-hybridized carbons (Fsp3) is 0.296. The number of rotatable bonds is 7. The van der Waals surface area contributed by atoms with Crippen molar-refractivity contribution < 1.29 is 23.7 Å². The zero-order valence-corrected chi connectivity index (χ0v) is 20.1. The van der Waals surface area contributed by atoms with Crippen molar-refractivity contribution in [1.29, 1.82) is 0 Å². The molecule has 0 saturated heterocycles. The third-order valence-electron chi connectivity index (χ3n) is 6.11. The number of ether oxygens (including phenoxy) is 4. The third kappa shape index (κ3) is 4.39. The quantitative estimate of drug-likeness (QED) is 0.510. The van der Waals surface area contributed by atoms with E-state index < -0.39 is 0 Å². The van der Waals surface area contributed by atoms with E-state index in [1.54, 1.807) is 21.3 Å². The summed E-state index contributed by atoms with van der Waals surface area (Å²) in [5.74, 6) is 1.28. The Balaban J connectivity index is 1.93. The van der Waals surface area contributed by atoms with E-state index in [9.17, 15) is 4.79 Å². The number of carbonyl (C=O) groups excluding carboxylic acids is 1. The van der Waals surface area contributed by atoms with E-state index in [1.807, 2.05) is 30.3 Å². The number of aryl methyl sites for hydroxylation is 1. The molecule has 7 heteroatoms. The molecule has 0 aromatic heterocycles. The second-order valence-corrected chi connectivity index (χ2v) is 8.16. The van der Waals surface area contributed by atoms with Crippen LogP contribution in [0.5, 0.6) is 17.2 Å². The topological polar surface area (TPSA) is 69.3 Å². The van der Waals surface area contributed by atoms with Gasteiger partial charge in [0.15, 0.2) is 11.5 Å². The Hall–Kier alpha value is -3.71. The Labute approximate surface area is 200 Å². The molecular weight excluding hydrogens is 432 g/mol. The Kier molecular flexibility index (Phi) is 6.93. The summed E-state index contributed by atoms with van der Waals surface area (Å²) >= 11 is 0. The number of nitrogens with zero attached hydrogens (tertiary/aromatic N) is 1. The Bertz CT molecular complexity index is 1140. The summed E-state index contributed by atoms with van der Waals surface area (Å²) < 4.78 is 21.8. The molecule has 0 aliphatic carbocycles. The van der Waals surface area contributed by atoms with Crippen LogP contribution < -0.4 is 19.5 Å². The molecule has 34 heavy (non-hydrogen) atoms. The number of carbonyl (C=O) groups is 1. The van der Waals surface area contributed by atoms with Crippen LogP contribution in [-0.2, 0) is 9.53 Å². The molecule has 0 unspecified atom stereocenters. The Morgan fingerprint density at radius 1 is 0.882 bits per heavy atom. The number of methoxy groups -OCH3 is 4. The van der Waals surface area contributed by atoms with Crippen molar-refractivity contribution in [3.8, 4) is 17.2 Å². The van der Waals surface area contributed by atoms with E-state index in [-0.39, 0.29) is 24.7 Å². The van der Waals surface area contributed by atoms with Crippen molar-refractivity contribution in [2.75, 3.05) is 40.3 Å². The van der Waals surface area contributed by atoms with Crippen LogP contribution in [0.15, 0.2) is 60.7 Å². The zero-order chi connectivity index (χ0) is 24.2. The average molecular weight is 463 g/mol. The highest BCUT2D eigenvalue weighted by Gasteiger charge is 2.38. The molecule has 1 aliphatic rings. The second kappa shape index (κ2) is 10.1. The number of anilines is 1. The van der Waals surface area contributed by atoms with Crippen LogP contribution in [0.2, 0.25) is 0 Å². The zero-order valence-electron chi connectivity index (χ0n) is 20.1. The van der Waals surface area contributed by atoms with Crippen LogP contribution in [0.25, 0.3) is 0 Å². The average Bonchev–Trinajstić information content (AvgIpc) is 2.87. The van der Waals surface area contributed by atoms with E-state index in [0.29, 0.717) is 17.2 Å². The van der Waals surface area contributed by atoms with E-state index in [1.165, 1.54) is 7.11 Å². The number of hydrogen-bond donors (Lipinski definition) is 1. The Morgan fingerprint density at radius 2 is 1.56 bits per heavy atom. The van der Waals surface area contributed by atoms with Gasteiger partial charge in [-0.15, -0.1) is 0 Å². The van der Waals surface area contributed by atoms with Crippen molar-refractivity contribution in [1.82, 2.24) is 4.90 Å². The molecule has 1 N–H and O–H groups in total. The number of benzene rings is 3. The maximum atomic E-state index is 12.6. The smallest absolute Gasteiger partial charge is 0.319 e. The van der Waals surface area contributed by atoms with Crippen molar-refractivity contribution in [2.45, 2.75) is 19.1 Å². The first-order valence-corrected chi connectivity index (χ1v) is 11.0. The van der Waals surface area contributed by atoms with Crippen LogP contribution in [-0.4, -0.2) is 45.9 Å². The van der Waals surface area contributed by atoms with Gasteiger partial charge in [-0.25, -0.2) is 0 Å². The predicted octanol–water partition coefficient (Wildman–Crippen LogP) is 4.71. The highest BCUT2D eigenvalue weighted by molar-refractivity contribution is 5.72. The lowest BCUT2D eigenvalue weighted by Crippen LogP contribution is -2.44. The SMILES string of the molecule is COC(=O)CN1[C@H](c2ccccc2)c2cc(C)ccc2N[C@@H]1c1cc(OC)c(OC)c(OC)c1. The lowest BCUT2D eigenvalue weighted by Gasteiger charge is -2.44. The van der Waals surface area contributed by atoms with Gasteiger partial charge < -0.3 is 24.3 Å². The van der Waals surface area contributed by atoms with Gasteiger partial charge in [-0.05, 0) is 41.8 Å². The summed E-state index contributed by atoms with van der Waals surface area (Å²) in [5.41, 5.74) is 5.19. The minimum Gasteiger partial charge on any atom is -0.493 e. The molecule has 178 valence electrons. The molecule has 4 rings (SSSR count). The molecular formula is C27H30N2O5. The first kappa shape index (κ1) is 23.4. The predicted molar refractivity (Wildman–Crippen MR) is 131 cm³/mol. The first-order valence-electron chi connectivity index (χ1n) is 11.0. The van der Waals surface area contributed by atoms with Crippen LogP contribution >= 0.6 is 0 Å². The summed E-state index contributed by atoms with van der Waals surface area (Å²) in [5, 5.41) is 3.63. The summed E-state index contributed by atoms with van der Waals surface area (Å²) in [6.45, 7) is 2.15. The minimum atomic E-state index is -0.367. The largest absolute Gasteiger partial charge is 0.493 e. The monoisotopic (exact) mass is 462 g/mol. The number of hydrogen-bond acceptors (Lipinski definition) is 7. The highest BCUT2D eigenvalue weighted by Crippen LogP contribution is 2.47. The van der Waals surface area contributed by atoms with Crippen molar-refractivity contribution in [3.63, 3.8) is 0 Å². The number of esters is 1. The van der Waals surface area contributed by atoms with Crippen LogP contribution in [0.4, 0.5) is 5.69 Å². The molecule has 0 bridgehead atoms. The van der Waals surface area contributed by atoms with E-state index in [0.717, 1.165) is 27.9 Å². The van der Waals surface area contributed by atoms with Crippen molar-refractivity contribution in [3.05, 3.63) is 82.9 Å².